The summed E-state index contributed by atoms with van der Waals surface area (Å²) in [6.45, 7) is 0. The second-order valence-corrected chi connectivity index (χ2v) is 1.69. The Morgan fingerprint density at radius 2 is 1.64 bits per heavy atom. The maximum atomic E-state index is 10.6. The Morgan fingerprint density at radius 3 is 1.86 bits per heavy atom. The molecule has 0 aliphatic rings. The third kappa shape index (κ3) is 3.19. The molecule has 0 aromatic carbocycles. The summed E-state index contributed by atoms with van der Waals surface area (Å²) in [6.07, 6.45) is 0. The normalized spacial score (nSPS) is 8.29. The van der Waals surface area contributed by atoms with E-state index >= 15 is 0 Å². The van der Waals surface area contributed by atoms with Gasteiger partial charge in [-0.25, -0.2) is 0 Å². The molecule has 1 rings (SSSR count). The molecule has 0 saturated carbocycles. The van der Waals surface area contributed by atoms with Crippen LogP contribution in [0.15, 0.2) is 0 Å². The van der Waals surface area contributed by atoms with Crippen LogP contribution in [-0.2, 0) is 0 Å². The molecule has 0 N–H and O–H groups in total. The number of aromatic nitrogens is 2. The average molecular weight is 218 g/mol. The van der Waals surface area contributed by atoms with Crippen molar-refractivity contribution < 1.29 is 74.1 Å². The summed E-state index contributed by atoms with van der Waals surface area (Å²) < 4.78 is 0. The van der Waals surface area contributed by atoms with Crippen molar-refractivity contribution in [3.8, 4) is 5.75 Å². The van der Waals surface area contributed by atoms with Crippen molar-refractivity contribution >= 4 is 11.6 Å². The van der Waals surface area contributed by atoms with E-state index in [9.17, 15) is 25.3 Å². The van der Waals surface area contributed by atoms with Gasteiger partial charge in [-0.05, 0) is 10.0 Å². The summed E-state index contributed by atoms with van der Waals surface area (Å²) in [5, 5.41) is 36.0. The maximum absolute atomic E-state index is 10.6. The van der Waals surface area contributed by atoms with Gasteiger partial charge in [0.15, 0.2) is 0 Å². The Balaban J connectivity index is 0. The molecule has 0 bridgehead atoms. The standard InChI is InChI=1S/C3HN4O5.2Na/c8-1-2(6(9)10)4-5-3(1)7(11)12;;/h(H-,4,5,8);;/q-1;2*+1/p-1. The predicted molar refractivity (Wildman–Crippen MR) is 30.3 cm³/mol. The number of hydrogen-bond acceptors (Lipinski definition) is 6. The summed E-state index contributed by atoms with van der Waals surface area (Å²) in [6, 6.07) is 0. The summed E-state index contributed by atoms with van der Waals surface area (Å²) in [7, 11) is 0. The van der Waals surface area contributed by atoms with Crippen LogP contribution in [0, 0.1) is 20.2 Å². The molecule has 64 valence electrons. The van der Waals surface area contributed by atoms with Gasteiger partial charge < -0.3 is 25.3 Å². The van der Waals surface area contributed by atoms with Crippen LogP contribution in [0.1, 0.15) is 0 Å². The SMILES string of the molecule is O=[N+]([O-])c1n[n-]c([N+](=O)[O-])c1[O-].[Na+].[Na+]. The van der Waals surface area contributed by atoms with Crippen LogP contribution >= 0.6 is 0 Å². The van der Waals surface area contributed by atoms with E-state index in [-0.39, 0.29) is 59.1 Å². The molecule has 0 saturated heterocycles. The van der Waals surface area contributed by atoms with Gasteiger partial charge in [0, 0.05) is 5.75 Å². The molecular formula is C3N4Na2O5. The van der Waals surface area contributed by atoms with Gasteiger partial charge in [0.2, 0.25) is 5.82 Å². The number of nitro groups is 2. The first-order valence-corrected chi connectivity index (χ1v) is 2.53. The van der Waals surface area contributed by atoms with Gasteiger partial charge in [-0.15, -0.1) is 0 Å². The van der Waals surface area contributed by atoms with Crippen LogP contribution in [0.4, 0.5) is 11.6 Å². The average Bonchev–Trinajstić information content (AvgIpc) is 2.30. The van der Waals surface area contributed by atoms with Crippen molar-refractivity contribution in [2.24, 2.45) is 0 Å². The smallest absolute Gasteiger partial charge is 0.864 e. The van der Waals surface area contributed by atoms with Crippen LogP contribution in [0.25, 0.3) is 0 Å². The fourth-order valence-corrected chi connectivity index (χ4v) is 0.524. The Labute approximate surface area is 121 Å². The third-order valence-corrected chi connectivity index (χ3v) is 0.991. The minimum absolute atomic E-state index is 0. The molecule has 0 atom stereocenters. The van der Waals surface area contributed by atoms with E-state index in [0.717, 1.165) is 0 Å². The Kier molecular flexibility index (Phi) is 7.34. The molecule has 9 nitrogen and oxygen atoms in total. The first-order valence-electron chi connectivity index (χ1n) is 2.53. The third-order valence-electron chi connectivity index (χ3n) is 0.991. The van der Waals surface area contributed by atoms with Crippen LogP contribution < -0.4 is 69.3 Å². The fourth-order valence-electron chi connectivity index (χ4n) is 0.524. The minimum atomic E-state index is -1.37. The number of nitrogens with zero attached hydrogens (tertiary/aromatic N) is 4. The fraction of sp³-hybridized carbons (Fsp3) is 0. The zero-order valence-electron chi connectivity index (χ0n) is 7.33. The Morgan fingerprint density at radius 1 is 1.14 bits per heavy atom. The Hall–Kier alpha value is -0.190. The first kappa shape index (κ1) is 16.2. The largest absolute Gasteiger partial charge is 1.00 e. The van der Waals surface area contributed by atoms with E-state index in [1.54, 1.807) is 0 Å². The molecule has 0 amide bonds. The van der Waals surface area contributed by atoms with Gasteiger partial charge in [0.25, 0.3) is 0 Å². The quantitative estimate of drug-likeness (QED) is 0.273. The van der Waals surface area contributed by atoms with Gasteiger partial charge in [-0.2, -0.15) is 4.92 Å². The van der Waals surface area contributed by atoms with Gasteiger partial charge in [-0.1, -0.05) is 0 Å². The minimum Gasteiger partial charge on any atom is -0.864 e. The topological polar surface area (TPSA) is 136 Å². The molecule has 0 spiro atoms. The molecule has 0 unspecified atom stereocenters. The zero-order valence-corrected chi connectivity index (χ0v) is 11.3. The molecular weight excluding hydrogens is 218 g/mol. The Bertz CT molecular complexity index is 319. The van der Waals surface area contributed by atoms with Gasteiger partial charge in [0.1, 0.15) is 0 Å². The summed E-state index contributed by atoms with van der Waals surface area (Å²) in [5.74, 6) is -3.62. The number of rotatable bonds is 2. The van der Waals surface area contributed by atoms with Crippen molar-refractivity contribution in [1.82, 2.24) is 10.2 Å². The summed E-state index contributed by atoms with van der Waals surface area (Å²) in [4.78, 5) is 17.6. The maximum Gasteiger partial charge on any atom is 1.00 e. The molecule has 0 aliphatic heterocycles. The van der Waals surface area contributed by atoms with Gasteiger partial charge in [0.05, 0.1) is 5.10 Å². The molecule has 1 heterocycles. The van der Waals surface area contributed by atoms with Crippen LogP contribution in [0.2, 0.25) is 0 Å². The van der Waals surface area contributed by atoms with E-state index < -0.39 is 27.2 Å². The molecule has 11 heteroatoms. The van der Waals surface area contributed by atoms with E-state index in [0.29, 0.717) is 0 Å². The zero-order chi connectivity index (χ0) is 9.30. The van der Waals surface area contributed by atoms with Gasteiger partial charge in [-0.3, -0.25) is 0 Å². The monoisotopic (exact) mass is 218 g/mol. The van der Waals surface area contributed by atoms with Crippen LogP contribution in [-0.4, -0.2) is 14.9 Å². The number of hydrogen-bond donors (Lipinski definition) is 0. The molecule has 0 radical (unpaired) electrons. The predicted octanol–water partition coefficient (Wildman–Crippen LogP) is -7.06. The first-order chi connectivity index (χ1) is 5.54. The second-order valence-electron chi connectivity index (χ2n) is 1.69. The molecule has 1 aromatic rings. The van der Waals surface area contributed by atoms with Crippen molar-refractivity contribution in [2.75, 3.05) is 0 Å². The van der Waals surface area contributed by atoms with Crippen LogP contribution in [0.5, 0.6) is 5.75 Å². The molecule has 14 heavy (non-hydrogen) atoms. The molecule has 0 aliphatic carbocycles. The van der Waals surface area contributed by atoms with Crippen molar-refractivity contribution in [2.45, 2.75) is 0 Å². The van der Waals surface area contributed by atoms with E-state index in [1.165, 1.54) is 0 Å². The van der Waals surface area contributed by atoms with E-state index in [4.69, 9.17) is 0 Å². The van der Waals surface area contributed by atoms with E-state index in [1.807, 2.05) is 0 Å². The van der Waals surface area contributed by atoms with Crippen molar-refractivity contribution in [3.05, 3.63) is 20.2 Å². The van der Waals surface area contributed by atoms with E-state index in [2.05, 4.69) is 10.2 Å². The van der Waals surface area contributed by atoms with Crippen molar-refractivity contribution in [3.63, 3.8) is 0 Å². The summed E-state index contributed by atoms with van der Waals surface area (Å²) in [5.41, 5.74) is 0. The van der Waals surface area contributed by atoms with Crippen LogP contribution in [0.3, 0.4) is 0 Å². The summed E-state index contributed by atoms with van der Waals surface area (Å²) >= 11 is 0. The van der Waals surface area contributed by atoms with Gasteiger partial charge >= 0.3 is 64.9 Å². The molecule has 0 fully saturated rings. The second kappa shape index (κ2) is 6.32. The van der Waals surface area contributed by atoms with Crippen molar-refractivity contribution in [1.29, 1.82) is 0 Å². The molecule has 1 aromatic heterocycles.